The lowest BCUT2D eigenvalue weighted by molar-refractivity contribution is -0.141. The van der Waals surface area contributed by atoms with E-state index in [1.165, 1.54) is 17.8 Å². The van der Waals surface area contributed by atoms with E-state index in [4.69, 9.17) is 4.52 Å². The van der Waals surface area contributed by atoms with Crippen molar-refractivity contribution in [3.05, 3.63) is 35.0 Å². The minimum atomic E-state index is -4.52. The van der Waals surface area contributed by atoms with Gasteiger partial charge in [0, 0.05) is 19.7 Å². The number of halogens is 3. The van der Waals surface area contributed by atoms with Crippen LogP contribution in [-0.4, -0.2) is 32.3 Å². The van der Waals surface area contributed by atoms with Gasteiger partial charge in [-0.3, -0.25) is 9.48 Å². The summed E-state index contributed by atoms with van der Waals surface area (Å²) in [6.07, 6.45) is -1.40. The van der Waals surface area contributed by atoms with Crippen LogP contribution in [0.3, 0.4) is 0 Å². The molecule has 0 N–H and O–H groups in total. The Balaban J connectivity index is 1.96. The highest BCUT2D eigenvalue weighted by Gasteiger charge is 2.37. The summed E-state index contributed by atoms with van der Waals surface area (Å²) >= 11 is 0. The zero-order valence-corrected chi connectivity index (χ0v) is 14.0. The Bertz CT molecular complexity index is 766. The van der Waals surface area contributed by atoms with Gasteiger partial charge in [-0.1, -0.05) is 18.0 Å². The minimum Gasteiger partial charge on any atom is -0.351 e. The molecule has 0 aromatic carbocycles. The maximum absolute atomic E-state index is 13.0. The topological polar surface area (TPSA) is 64.2 Å². The summed E-state index contributed by atoms with van der Waals surface area (Å²) in [6.45, 7) is 2.16. The van der Waals surface area contributed by atoms with E-state index < -0.39 is 17.9 Å². The van der Waals surface area contributed by atoms with Crippen LogP contribution in [-0.2, 0) is 13.2 Å². The second-order valence-corrected chi connectivity index (χ2v) is 6.27. The van der Waals surface area contributed by atoms with Crippen molar-refractivity contribution in [1.29, 1.82) is 0 Å². The van der Waals surface area contributed by atoms with Gasteiger partial charge in [-0.15, -0.1) is 0 Å². The number of carbonyl (C=O) groups excluding carboxylic acids is 1. The highest BCUT2D eigenvalue weighted by molar-refractivity contribution is 5.91. The first kappa shape index (κ1) is 17.5. The molecule has 1 saturated heterocycles. The number of amides is 1. The van der Waals surface area contributed by atoms with Crippen molar-refractivity contribution in [2.75, 3.05) is 6.54 Å². The monoisotopic (exact) mass is 356 g/mol. The van der Waals surface area contributed by atoms with Crippen LogP contribution in [0.1, 0.15) is 59.4 Å². The SMILES string of the molecule is Cc1cc(C(=O)N2CCCCC[C@@H]2c2cc(C(F)(F)F)nn2C)on1. The summed E-state index contributed by atoms with van der Waals surface area (Å²) in [4.78, 5) is 14.4. The molecule has 0 aliphatic carbocycles. The number of rotatable bonds is 2. The lowest BCUT2D eigenvalue weighted by Crippen LogP contribution is -2.35. The summed E-state index contributed by atoms with van der Waals surface area (Å²) in [5.41, 5.74) is 0.00517. The molecule has 1 fully saturated rings. The fourth-order valence-electron chi connectivity index (χ4n) is 3.20. The predicted molar refractivity (Wildman–Crippen MR) is 81.7 cm³/mol. The van der Waals surface area contributed by atoms with Crippen LogP contribution in [0.25, 0.3) is 0 Å². The van der Waals surface area contributed by atoms with Gasteiger partial charge in [-0.25, -0.2) is 0 Å². The molecule has 0 unspecified atom stereocenters. The molecule has 1 aliphatic heterocycles. The second-order valence-electron chi connectivity index (χ2n) is 6.27. The van der Waals surface area contributed by atoms with Crippen molar-refractivity contribution in [1.82, 2.24) is 19.8 Å². The van der Waals surface area contributed by atoms with Crippen LogP contribution in [0.4, 0.5) is 13.2 Å². The minimum absolute atomic E-state index is 0.0996. The molecular weight excluding hydrogens is 337 g/mol. The summed E-state index contributed by atoms with van der Waals surface area (Å²) in [7, 11) is 1.47. The molecule has 9 heteroatoms. The van der Waals surface area contributed by atoms with Crippen molar-refractivity contribution < 1.29 is 22.5 Å². The molecule has 0 spiro atoms. The Morgan fingerprint density at radius 1 is 1.28 bits per heavy atom. The Kier molecular flexibility index (Phi) is 4.57. The van der Waals surface area contributed by atoms with Gasteiger partial charge in [-0.05, 0) is 25.8 Å². The van der Waals surface area contributed by atoms with Crippen molar-refractivity contribution in [2.45, 2.75) is 44.8 Å². The normalized spacial score (nSPS) is 19.1. The number of carbonyl (C=O) groups is 1. The number of hydrogen-bond acceptors (Lipinski definition) is 4. The summed E-state index contributed by atoms with van der Waals surface area (Å²) in [5, 5.41) is 7.30. The van der Waals surface area contributed by atoms with Gasteiger partial charge >= 0.3 is 6.18 Å². The average Bonchev–Trinajstić information content (AvgIpc) is 3.05. The Labute approximate surface area is 142 Å². The summed E-state index contributed by atoms with van der Waals surface area (Å²) in [5.74, 6) is -0.259. The van der Waals surface area contributed by atoms with Crippen LogP contribution < -0.4 is 0 Å². The summed E-state index contributed by atoms with van der Waals surface area (Å²) < 4.78 is 45.2. The van der Waals surface area contributed by atoms with Gasteiger partial charge in [0.1, 0.15) is 0 Å². The van der Waals surface area contributed by atoms with Gasteiger partial charge in [0.25, 0.3) is 5.91 Å². The molecule has 1 amide bonds. The fraction of sp³-hybridized carbons (Fsp3) is 0.562. The van der Waals surface area contributed by atoms with Gasteiger partial charge in [-0.2, -0.15) is 18.3 Å². The molecule has 2 aromatic rings. The molecule has 1 atom stereocenters. The highest BCUT2D eigenvalue weighted by atomic mass is 19.4. The number of likely N-dealkylation sites (tertiary alicyclic amines) is 1. The van der Waals surface area contributed by atoms with E-state index in [0.29, 0.717) is 24.4 Å². The molecule has 0 radical (unpaired) electrons. The van der Waals surface area contributed by atoms with E-state index >= 15 is 0 Å². The largest absolute Gasteiger partial charge is 0.435 e. The van der Waals surface area contributed by atoms with E-state index in [-0.39, 0.29) is 11.7 Å². The van der Waals surface area contributed by atoms with Crippen molar-refractivity contribution >= 4 is 5.91 Å². The number of hydrogen-bond donors (Lipinski definition) is 0. The van der Waals surface area contributed by atoms with Crippen LogP contribution in [0.15, 0.2) is 16.7 Å². The lowest BCUT2D eigenvalue weighted by atomic mass is 10.1. The first-order valence-electron chi connectivity index (χ1n) is 8.13. The maximum Gasteiger partial charge on any atom is 0.435 e. The van der Waals surface area contributed by atoms with E-state index in [2.05, 4.69) is 10.3 Å². The number of nitrogens with zero attached hydrogens (tertiary/aromatic N) is 4. The molecule has 0 bridgehead atoms. The Hall–Kier alpha value is -2.32. The van der Waals surface area contributed by atoms with Crippen LogP contribution in [0.2, 0.25) is 0 Å². The molecule has 0 saturated carbocycles. The van der Waals surface area contributed by atoms with E-state index in [1.54, 1.807) is 11.8 Å². The first-order valence-corrected chi connectivity index (χ1v) is 8.13. The Morgan fingerprint density at radius 3 is 2.64 bits per heavy atom. The molecule has 25 heavy (non-hydrogen) atoms. The van der Waals surface area contributed by atoms with E-state index in [1.807, 2.05) is 0 Å². The van der Waals surface area contributed by atoms with Gasteiger partial charge in [0.2, 0.25) is 5.76 Å². The molecular formula is C16H19F3N4O2. The first-order chi connectivity index (χ1) is 11.8. The van der Waals surface area contributed by atoms with Crippen LogP contribution in [0, 0.1) is 6.92 Å². The molecule has 1 aliphatic rings. The van der Waals surface area contributed by atoms with Crippen molar-refractivity contribution in [3.63, 3.8) is 0 Å². The maximum atomic E-state index is 13.0. The third-order valence-electron chi connectivity index (χ3n) is 4.40. The third-order valence-corrected chi connectivity index (χ3v) is 4.40. The summed E-state index contributed by atoms with van der Waals surface area (Å²) in [6, 6.07) is 2.09. The smallest absolute Gasteiger partial charge is 0.351 e. The Morgan fingerprint density at radius 2 is 2.04 bits per heavy atom. The molecule has 136 valence electrons. The number of aryl methyl sites for hydroxylation is 2. The number of aromatic nitrogens is 3. The van der Waals surface area contributed by atoms with Gasteiger partial charge < -0.3 is 9.42 Å². The van der Waals surface area contributed by atoms with Crippen LogP contribution in [0.5, 0.6) is 0 Å². The quantitative estimate of drug-likeness (QED) is 0.826. The number of alkyl halides is 3. The zero-order chi connectivity index (χ0) is 18.2. The average molecular weight is 356 g/mol. The molecule has 3 rings (SSSR count). The van der Waals surface area contributed by atoms with Crippen molar-refractivity contribution in [2.24, 2.45) is 7.05 Å². The standard InChI is InChI=1S/C16H19F3N4O2/c1-10-8-13(25-21-10)15(24)23-7-5-3-4-6-11(23)12-9-14(16(17,18)19)20-22(12)2/h8-9,11H,3-7H2,1-2H3/t11-/m1/s1. The lowest BCUT2D eigenvalue weighted by Gasteiger charge is -2.29. The second kappa shape index (κ2) is 6.53. The fourth-order valence-corrected chi connectivity index (χ4v) is 3.20. The van der Waals surface area contributed by atoms with Crippen LogP contribution >= 0.6 is 0 Å². The van der Waals surface area contributed by atoms with Gasteiger partial charge in [0.05, 0.1) is 17.4 Å². The third kappa shape index (κ3) is 3.54. The van der Waals surface area contributed by atoms with Gasteiger partial charge in [0.15, 0.2) is 5.69 Å². The van der Waals surface area contributed by atoms with Crippen molar-refractivity contribution in [3.8, 4) is 0 Å². The highest BCUT2D eigenvalue weighted by Crippen LogP contribution is 2.35. The zero-order valence-electron chi connectivity index (χ0n) is 14.0. The molecule has 6 nitrogen and oxygen atoms in total. The molecule has 2 aromatic heterocycles. The van der Waals surface area contributed by atoms with E-state index in [9.17, 15) is 18.0 Å². The predicted octanol–water partition coefficient (Wildman–Crippen LogP) is 3.49. The molecule has 3 heterocycles. The van der Waals surface area contributed by atoms with E-state index in [0.717, 1.165) is 25.3 Å².